The molecule has 2 N–H and O–H groups in total. The van der Waals surface area contributed by atoms with Gasteiger partial charge >= 0.3 is 0 Å². The van der Waals surface area contributed by atoms with Crippen LogP contribution in [0.25, 0.3) is 0 Å². The number of nitrogens with zero attached hydrogens (tertiary/aromatic N) is 2. The van der Waals surface area contributed by atoms with Gasteiger partial charge in [0, 0.05) is 19.0 Å². The number of Topliss-reactive ketones (excluding diaryl/α,β-unsaturated/α-hetero) is 1. The molecule has 5 heteroatoms. The van der Waals surface area contributed by atoms with Gasteiger partial charge in [-0.05, 0) is 29.3 Å². The standard InChI is InChI=1S/C10H16BrN3O/c1-3-7(5-12)10(15)9-8(11)6-13-14(9)4-2/h6-7H,3-5,12H2,1-2H3. The van der Waals surface area contributed by atoms with Gasteiger partial charge in [-0.25, -0.2) is 0 Å². The Morgan fingerprint density at radius 3 is 2.80 bits per heavy atom. The first-order valence-electron chi connectivity index (χ1n) is 5.11. The van der Waals surface area contributed by atoms with Crippen molar-refractivity contribution in [2.45, 2.75) is 26.8 Å². The molecule has 15 heavy (non-hydrogen) atoms. The van der Waals surface area contributed by atoms with E-state index in [1.165, 1.54) is 0 Å². The molecule has 0 aliphatic carbocycles. The smallest absolute Gasteiger partial charge is 0.186 e. The number of rotatable bonds is 5. The molecule has 1 unspecified atom stereocenters. The molecule has 0 saturated heterocycles. The van der Waals surface area contributed by atoms with Crippen molar-refractivity contribution in [3.63, 3.8) is 0 Å². The first-order valence-corrected chi connectivity index (χ1v) is 5.90. The highest BCUT2D eigenvalue weighted by Crippen LogP contribution is 2.20. The predicted octanol–water partition coefficient (Wildman–Crippen LogP) is 1.83. The van der Waals surface area contributed by atoms with E-state index < -0.39 is 0 Å². The Kier molecular flexibility index (Phi) is 4.47. The zero-order valence-corrected chi connectivity index (χ0v) is 10.6. The summed E-state index contributed by atoms with van der Waals surface area (Å²) in [6.07, 6.45) is 2.41. The summed E-state index contributed by atoms with van der Waals surface area (Å²) in [7, 11) is 0. The summed E-state index contributed by atoms with van der Waals surface area (Å²) < 4.78 is 2.45. The summed E-state index contributed by atoms with van der Waals surface area (Å²) in [4.78, 5) is 12.1. The van der Waals surface area contributed by atoms with Gasteiger partial charge in [-0.2, -0.15) is 5.10 Å². The topological polar surface area (TPSA) is 60.9 Å². The van der Waals surface area contributed by atoms with E-state index in [-0.39, 0.29) is 11.7 Å². The van der Waals surface area contributed by atoms with Crippen LogP contribution in [-0.4, -0.2) is 22.1 Å². The SMILES string of the molecule is CCC(CN)C(=O)c1c(Br)cnn1CC. The molecule has 4 nitrogen and oxygen atoms in total. The third-order valence-electron chi connectivity index (χ3n) is 2.48. The summed E-state index contributed by atoms with van der Waals surface area (Å²) in [5.41, 5.74) is 6.20. The molecule has 0 bridgehead atoms. The summed E-state index contributed by atoms with van der Waals surface area (Å²) in [5, 5.41) is 4.11. The second kappa shape index (κ2) is 5.42. The average molecular weight is 274 g/mol. The van der Waals surface area contributed by atoms with E-state index in [9.17, 15) is 4.79 Å². The second-order valence-corrected chi connectivity index (χ2v) is 4.22. The fourth-order valence-corrected chi connectivity index (χ4v) is 1.99. The van der Waals surface area contributed by atoms with E-state index in [1.807, 2.05) is 13.8 Å². The van der Waals surface area contributed by atoms with Crippen molar-refractivity contribution >= 4 is 21.7 Å². The molecular weight excluding hydrogens is 258 g/mol. The molecular formula is C10H16BrN3O. The summed E-state index contributed by atoms with van der Waals surface area (Å²) >= 11 is 3.34. The van der Waals surface area contributed by atoms with Crippen molar-refractivity contribution in [2.24, 2.45) is 11.7 Å². The lowest BCUT2D eigenvalue weighted by molar-refractivity contribution is 0.0909. The van der Waals surface area contributed by atoms with Crippen molar-refractivity contribution < 1.29 is 4.79 Å². The molecule has 1 aromatic heterocycles. The fourth-order valence-electron chi connectivity index (χ4n) is 1.50. The number of nitrogens with two attached hydrogens (primary N) is 1. The van der Waals surface area contributed by atoms with Gasteiger partial charge in [-0.3, -0.25) is 9.48 Å². The summed E-state index contributed by atoms with van der Waals surface area (Å²) in [6.45, 7) is 5.00. The van der Waals surface area contributed by atoms with Gasteiger partial charge in [0.2, 0.25) is 0 Å². The third-order valence-corrected chi connectivity index (χ3v) is 3.06. The van der Waals surface area contributed by atoms with Gasteiger partial charge in [-0.1, -0.05) is 6.92 Å². The maximum Gasteiger partial charge on any atom is 0.186 e. The molecule has 0 amide bonds. The van der Waals surface area contributed by atoms with Crippen LogP contribution >= 0.6 is 15.9 Å². The van der Waals surface area contributed by atoms with Crippen LogP contribution in [0.3, 0.4) is 0 Å². The van der Waals surface area contributed by atoms with E-state index in [1.54, 1.807) is 10.9 Å². The normalized spacial score (nSPS) is 12.8. The van der Waals surface area contributed by atoms with Crippen LogP contribution < -0.4 is 5.73 Å². The van der Waals surface area contributed by atoms with E-state index in [0.29, 0.717) is 18.8 Å². The quantitative estimate of drug-likeness (QED) is 0.833. The van der Waals surface area contributed by atoms with Crippen LogP contribution in [-0.2, 0) is 6.54 Å². The number of halogens is 1. The summed E-state index contributed by atoms with van der Waals surface area (Å²) in [5.74, 6) is -0.0328. The number of hydrogen-bond donors (Lipinski definition) is 1. The zero-order chi connectivity index (χ0) is 11.4. The lowest BCUT2D eigenvalue weighted by Gasteiger charge is -2.12. The minimum atomic E-state index is -0.108. The van der Waals surface area contributed by atoms with Crippen molar-refractivity contribution in [1.29, 1.82) is 0 Å². The van der Waals surface area contributed by atoms with Crippen LogP contribution in [0.4, 0.5) is 0 Å². The van der Waals surface area contributed by atoms with Gasteiger partial charge in [0.05, 0.1) is 10.7 Å². The van der Waals surface area contributed by atoms with Crippen LogP contribution in [0.5, 0.6) is 0 Å². The highest BCUT2D eigenvalue weighted by Gasteiger charge is 2.22. The number of carbonyl (C=O) groups excluding carboxylic acids is 1. The Morgan fingerprint density at radius 1 is 1.67 bits per heavy atom. The van der Waals surface area contributed by atoms with Crippen LogP contribution in [0.1, 0.15) is 30.8 Å². The molecule has 0 saturated carbocycles. The highest BCUT2D eigenvalue weighted by molar-refractivity contribution is 9.10. The molecule has 84 valence electrons. The van der Waals surface area contributed by atoms with Crippen molar-refractivity contribution in [1.82, 2.24) is 9.78 Å². The average Bonchev–Trinajstić information content (AvgIpc) is 2.61. The lowest BCUT2D eigenvalue weighted by atomic mass is 9.99. The zero-order valence-electron chi connectivity index (χ0n) is 9.03. The predicted molar refractivity (Wildman–Crippen MR) is 62.8 cm³/mol. The molecule has 0 spiro atoms. The number of carbonyl (C=O) groups is 1. The number of aryl methyl sites for hydroxylation is 1. The van der Waals surface area contributed by atoms with Crippen molar-refractivity contribution in [3.05, 3.63) is 16.4 Å². The molecule has 0 aliphatic rings. The number of ketones is 1. The molecule has 0 radical (unpaired) electrons. The Hall–Kier alpha value is -0.680. The number of hydrogen-bond acceptors (Lipinski definition) is 3. The lowest BCUT2D eigenvalue weighted by Crippen LogP contribution is -2.25. The van der Waals surface area contributed by atoms with Crippen LogP contribution in [0, 0.1) is 5.92 Å². The highest BCUT2D eigenvalue weighted by atomic mass is 79.9. The first kappa shape index (κ1) is 12.4. The summed E-state index contributed by atoms with van der Waals surface area (Å²) in [6, 6.07) is 0. The van der Waals surface area contributed by atoms with Gasteiger partial charge in [-0.15, -0.1) is 0 Å². The van der Waals surface area contributed by atoms with Crippen LogP contribution in [0.2, 0.25) is 0 Å². The molecule has 0 aromatic carbocycles. The monoisotopic (exact) mass is 273 g/mol. The minimum absolute atomic E-state index is 0.0752. The molecule has 0 fully saturated rings. The maximum absolute atomic E-state index is 12.1. The van der Waals surface area contributed by atoms with Crippen molar-refractivity contribution in [3.8, 4) is 0 Å². The van der Waals surface area contributed by atoms with E-state index in [0.717, 1.165) is 10.9 Å². The Morgan fingerprint density at radius 2 is 2.33 bits per heavy atom. The first-order chi connectivity index (χ1) is 7.15. The molecule has 1 heterocycles. The van der Waals surface area contributed by atoms with Crippen LogP contribution in [0.15, 0.2) is 10.7 Å². The Labute approximate surface area is 98.0 Å². The largest absolute Gasteiger partial charge is 0.330 e. The van der Waals surface area contributed by atoms with E-state index in [2.05, 4.69) is 21.0 Å². The molecule has 0 aliphatic heterocycles. The third kappa shape index (κ3) is 2.46. The fraction of sp³-hybridized carbons (Fsp3) is 0.600. The number of aromatic nitrogens is 2. The van der Waals surface area contributed by atoms with Gasteiger partial charge < -0.3 is 5.73 Å². The van der Waals surface area contributed by atoms with Gasteiger partial charge in [0.15, 0.2) is 5.78 Å². The molecule has 1 atom stereocenters. The Balaban J connectivity index is 3.03. The minimum Gasteiger partial charge on any atom is -0.330 e. The Bertz CT molecular complexity index is 344. The van der Waals surface area contributed by atoms with Gasteiger partial charge in [0.25, 0.3) is 0 Å². The second-order valence-electron chi connectivity index (χ2n) is 3.36. The maximum atomic E-state index is 12.1. The molecule has 1 aromatic rings. The van der Waals surface area contributed by atoms with E-state index >= 15 is 0 Å². The van der Waals surface area contributed by atoms with Gasteiger partial charge in [0.1, 0.15) is 5.69 Å². The molecule has 1 rings (SSSR count). The van der Waals surface area contributed by atoms with E-state index in [4.69, 9.17) is 5.73 Å². The van der Waals surface area contributed by atoms with Crippen molar-refractivity contribution in [2.75, 3.05) is 6.54 Å².